The number of aromatic hydroxyl groups is 1. The van der Waals surface area contributed by atoms with Gasteiger partial charge in [-0.3, -0.25) is 4.79 Å². The van der Waals surface area contributed by atoms with Crippen LogP contribution in [0.15, 0.2) is 36.4 Å². The number of hydrogen-bond acceptors (Lipinski definition) is 3. The molecule has 1 aliphatic rings. The van der Waals surface area contributed by atoms with Crippen molar-refractivity contribution in [3.8, 4) is 5.75 Å². The van der Waals surface area contributed by atoms with Gasteiger partial charge in [0.15, 0.2) is 5.78 Å². The Morgan fingerprint density at radius 2 is 1.56 bits per heavy atom. The molecule has 2 N–H and O–H groups in total. The summed E-state index contributed by atoms with van der Waals surface area (Å²) in [5, 5.41) is 12.4. The molecule has 0 radical (unpaired) electrons. The summed E-state index contributed by atoms with van der Waals surface area (Å²) in [6, 6.07) is 10.4. The Morgan fingerprint density at radius 3 is 2.11 bits per heavy atom. The number of nitrogens with one attached hydrogen (secondary N) is 1. The minimum atomic E-state index is -0.111. The Morgan fingerprint density at radius 1 is 1.00 bits per heavy atom. The van der Waals surface area contributed by atoms with Crippen molar-refractivity contribution in [2.75, 3.05) is 18.4 Å². The monoisotopic (exact) mass is 366 g/mol. The van der Waals surface area contributed by atoms with Crippen LogP contribution in [-0.4, -0.2) is 34.9 Å². The Bertz CT molecular complexity index is 827. The summed E-state index contributed by atoms with van der Waals surface area (Å²) in [5.41, 5.74) is 4.77. The number of carbonyl (C=O) groups excluding carboxylic acids is 2. The molecule has 0 aromatic heterocycles. The lowest BCUT2D eigenvalue weighted by Gasteiger charge is -2.31. The van der Waals surface area contributed by atoms with Crippen molar-refractivity contribution in [2.45, 2.75) is 33.6 Å². The van der Waals surface area contributed by atoms with Crippen molar-refractivity contribution in [1.29, 1.82) is 0 Å². The summed E-state index contributed by atoms with van der Waals surface area (Å²) in [4.78, 5) is 27.0. The standard InChI is InChI=1S/C22H26N2O3/c1-14-12-15(2)20(16(3)13-14)23-22(27)24-10-8-18(9-11-24)21(26)17-4-6-19(25)7-5-17/h4-7,12-13,18,25H,8-11H2,1-3H3,(H,23,27). The van der Waals surface area contributed by atoms with Gasteiger partial charge in [-0.1, -0.05) is 17.7 Å². The number of phenols is 1. The molecule has 1 fully saturated rings. The molecule has 2 aromatic rings. The predicted octanol–water partition coefficient (Wildman–Crippen LogP) is 4.44. The van der Waals surface area contributed by atoms with E-state index in [0.717, 1.165) is 16.8 Å². The van der Waals surface area contributed by atoms with Crippen molar-refractivity contribution in [3.05, 3.63) is 58.7 Å². The summed E-state index contributed by atoms with van der Waals surface area (Å²) in [7, 11) is 0. The molecule has 5 nitrogen and oxygen atoms in total. The van der Waals surface area contributed by atoms with Crippen LogP contribution in [0.5, 0.6) is 5.75 Å². The van der Waals surface area contributed by atoms with Crippen LogP contribution in [0.4, 0.5) is 10.5 Å². The number of anilines is 1. The van der Waals surface area contributed by atoms with Gasteiger partial charge < -0.3 is 15.3 Å². The second-order valence-electron chi connectivity index (χ2n) is 7.38. The molecule has 0 atom stereocenters. The predicted molar refractivity (Wildman–Crippen MR) is 106 cm³/mol. The Balaban J connectivity index is 1.59. The number of phenolic OH excluding ortho intramolecular Hbond substituents is 1. The first-order valence-electron chi connectivity index (χ1n) is 9.32. The number of likely N-dealkylation sites (tertiary alicyclic amines) is 1. The van der Waals surface area contributed by atoms with E-state index < -0.39 is 0 Å². The highest BCUT2D eigenvalue weighted by Gasteiger charge is 2.28. The molecule has 1 saturated heterocycles. The highest BCUT2D eigenvalue weighted by molar-refractivity contribution is 5.98. The number of aryl methyl sites for hydroxylation is 3. The number of rotatable bonds is 3. The van der Waals surface area contributed by atoms with Gasteiger partial charge in [0.05, 0.1) is 0 Å². The first-order chi connectivity index (χ1) is 12.8. The zero-order valence-corrected chi connectivity index (χ0v) is 16.1. The Kier molecular flexibility index (Phi) is 5.49. The second-order valence-corrected chi connectivity index (χ2v) is 7.38. The van der Waals surface area contributed by atoms with Crippen LogP contribution in [0.3, 0.4) is 0 Å². The highest BCUT2D eigenvalue weighted by Crippen LogP contribution is 2.25. The largest absolute Gasteiger partial charge is 0.508 e. The minimum absolute atomic E-state index is 0.0820. The molecular formula is C22H26N2O3. The quantitative estimate of drug-likeness (QED) is 0.789. The fraction of sp³-hybridized carbons (Fsp3) is 0.364. The summed E-state index contributed by atoms with van der Waals surface area (Å²) in [6.45, 7) is 7.16. The SMILES string of the molecule is Cc1cc(C)c(NC(=O)N2CCC(C(=O)c3ccc(O)cc3)CC2)c(C)c1. The van der Waals surface area contributed by atoms with Crippen LogP contribution in [0.1, 0.15) is 39.9 Å². The normalized spacial score (nSPS) is 14.9. The van der Waals surface area contributed by atoms with Crippen LogP contribution in [-0.2, 0) is 0 Å². The van der Waals surface area contributed by atoms with E-state index in [1.807, 2.05) is 20.8 Å². The van der Waals surface area contributed by atoms with E-state index in [4.69, 9.17) is 0 Å². The Labute approximate surface area is 160 Å². The van der Waals surface area contributed by atoms with Gasteiger partial charge in [0, 0.05) is 30.3 Å². The Hall–Kier alpha value is -2.82. The maximum atomic E-state index is 12.6. The third-order valence-electron chi connectivity index (χ3n) is 5.21. The van der Waals surface area contributed by atoms with E-state index in [1.165, 1.54) is 17.7 Å². The summed E-state index contributed by atoms with van der Waals surface area (Å²) < 4.78 is 0. The van der Waals surface area contributed by atoms with Crippen LogP contribution in [0.2, 0.25) is 0 Å². The second kappa shape index (κ2) is 7.82. The van der Waals surface area contributed by atoms with E-state index >= 15 is 0 Å². The lowest BCUT2D eigenvalue weighted by atomic mass is 9.89. The van der Waals surface area contributed by atoms with Gasteiger partial charge in [-0.15, -0.1) is 0 Å². The average Bonchev–Trinajstić information content (AvgIpc) is 2.64. The number of Topliss-reactive ketones (excluding diaryl/α,β-unsaturated/α-hetero) is 1. The number of piperidine rings is 1. The van der Waals surface area contributed by atoms with Crippen molar-refractivity contribution < 1.29 is 14.7 Å². The van der Waals surface area contributed by atoms with Gasteiger partial charge >= 0.3 is 6.03 Å². The molecular weight excluding hydrogens is 340 g/mol. The van der Waals surface area contributed by atoms with Gasteiger partial charge in [0.1, 0.15) is 5.75 Å². The van der Waals surface area contributed by atoms with Gasteiger partial charge in [-0.25, -0.2) is 4.79 Å². The summed E-state index contributed by atoms with van der Waals surface area (Å²) in [6.07, 6.45) is 1.30. The molecule has 0 bridgehead atoms. The fourth-order valence-corrected chi connectivity index (χ4v) is 3.77. The van der Waals surface area contributed by atoms with E-state index in [2.05, 4.69) is 17.4 Å². The molecule has 1 aliphatic heterocycles. The van der Waals surface area contributed by atoms with Crippen molar-refractivity contribution in [3.63, 3.8) is 0 Å². The van der Waals surface area contributed by atoms with Crippen molar-refractivity contribution in [1.82, 2.24) is 4.90 Å². The third kappa shape index (κ3) is 4.30. The number of benzene rings is 2. The molecule has 0 unspecified atom stereocenters. The molecule has 27 heavy (non-hydrogen) atoms. The molecule has 0 saturated carbocycles. The number of carbonyl (C=O) groups is 2. The maximum Gasteiger partial charge on any atom is 0.321 e. The number of ketones is 1. The molecule has 1 heterocycles. The topological polar surface area (TPSA) is 69.6 Å². The molecule has 0 aliphatic carbocycles. The average molecular weight is 366 g/mol. The maximum absolute atomic E-state index is 12.6. The first-order valence-corrected chi connectivity index (χ1v) is 9.32. The van der Waals surface area contributed by atoms with Gasteiger partial charge in [-0.05, 0) is 69.0 Å². The number of nitrogens with zero attached hydrogens (tertiary/aromatic N) is 1. The van der Waals surface area contributed by atoms with Gasteiger partial charge in [0.2, 0.25) is 0 Å². The number of urea groups is 1. The number of hydrogen-bond donors (Lipinski definition) is 2. The highest BCUT2D eigenvalue weighted by atomic mass is 16.3. The molecule has 3 rings (SSSR count). The molecule has 2 aromatic carbocycles. The van der Waals surface area contributed by atoms with E-state index in [1.54, 1.807) is 17.0 Å². The van der Waals surface area contributed by atoms with E-state index in [-0.39, 0.29) is 23.5 Å². The lowest BCUT2D eigenvalue weighted by molar-refractivity contribution is 0.0859. The lowest BCUT2D eigenvalue weighted by Crippen LogP contribution is -2.42. The third-order valence-corrected chi connectivity index (χ3v) is 5.21. The van der Waals surface area contributed by atoms with Crippen LogP contribution < -0.4 is 5.32 Å². The van der Waals surface area contributed by atoms with Crippen molar-refractivity contribution in [2.24, 2.45) is 5.92 Å². The smallest absolute Gasteiger partial charge is 0.321 e. The summed E-state index contributed by atoms with van der Waals surface area (Å²) >= 11 is 0. The zero-order valence-electron chi connectivity index (χ0n) is 16.1. The van der Waals surface area contributed by atoms with E-state index in [9.17, 15) is 14.7 Å². The van der Waals surface area contributed by atoms with E-state index in [0.29, 0.717) is 31.5 Å². The molecule has 2 amide bonds. The molecule has 142 valence electrons. The zero-order chi connectivity index (χ0) is 19.6. The first kappa shape index (κ1) is 19.0. The molecule has 0 spiro atoms. The van der Waals surface area contributed by atoms with Crippen LogP contribution in [0.25, 0.3) is 0 Å². The number of amides is 2. The van der Waals surface area contributed by atoms with Crippen LogP contribution >= 0.6 is 0 Å². The summed E-state index contributed by atoms with van der Waals surface area (Å²) in [5.74, 6) is 0.154. The van der Waals surface area contributed by atoms with Crippen molar-refractivity contribution >= 4 is 17.5 Å². The molecule has 5 heteroatoms. The van der Waals surface area contributed by atoms with Gasteiger partial charge in [-0.2, -0.15) is 0 Å². The van der Waals surface area contributed by atoms with Crippen LogP contribution in [0, 0.1) is 26.7 Å². The minimum Gasteiger partial charge on any atom is -0.508 e. The van der Waals surface area contributed by atoms with Gasteiger partial charge in [0.25, 0.3) is 0 Å². The fourth-order valence-electron chi connectivity index (χ4n) is 3.77.